The van der Waals surface area contributed by atoms with Crippen LogP contribution in [-0.2, 0) is 11.3 Å². The number of H-pyrrole nitrogens is 1. The number of rotatable bonds is 6. The number of hydrogen-bond acceptors (Lipinski definition) is 6. The first-order valence-electron chi connectivity index (χ1n) is 8.74. The zero-order valence-corrected chi connectivity index (χ0v) is 16.2. The first kappa shape index (κ1) is 19.0. The van der Waals surface area contributed by atoms with Crippen molar-refractivity contribution < 1.29 is 23.8 Å². The number of benzene rings is 1. The van der Waals surface area contributed by atoms with Crippen molar-refractivity contribution in [1.82, 2.24) is 9.88 Å². The maximum atomic E-state index is 13.0. The minimum atomic E-state index is -0.443. The molecule has 1 aromatic carbocycles. The molecule has 0 amide bonds. The molecule has 0 fully saturated rings. The summed E-state index contributed by atoms with van der Waals surface area (Å²) in [5.41, 5.74) is 3.14. The number of likely N-dealkylation sites (N-methyl/N-ethyl adjacent to an activating group) is 1. The molecule has 1 N–H and O–H groups in total. The lowest BCUT2D eigenvalue weighted by Gasteiger charge is -2.23. The summed E-state index contributed by atoms with van der Waals surface area (Å²) in [4.78, 5) is 29.9. The second-order valence-corrected chi connectivity index (χ2v) is 6.76. The van der Waals surface area contributed by atoms with Gasteiger partial charge >= 0.3 is 5.97 Å². The maximum absolute atomic E-state index is 13.0. The van der Waals surface area contributed by atoms with Crippen LogP contribution in [0.3, 0.4) is 0 Å². The molecule has 7 nitrogen and oxygen atoms in total. The van der Waals surface area contributed by atoms with E-state index in [2.05, 4.69) is 4.98 Å². The Bertz CT molecular complexity index is 887. The number of esters is 1. The summed E-state index contributed by atoms with van der Waals surface area (Å²) in [6, 6.07) is 5.38. The van der Waals surface area contributed by atoms with Crippen molar-refractivity contribution in [2.24, 2.45) is 0 Å². The molecule has 1 atom stereocenters. The van der Waals surface area contributed by atoms with E-state index >= 15 is 0 Å². The highest BCUT2D eigenvalue weighted by Gasteiger charge is 2.27. The van der Waals surface area contributed by atoms with Gasteiger partial charge in [0, 0.05) is 12.2 Å². The van der Waals surface area contributed by atoms with Crippen molar-refractivity contribution in [3.63, 3.8) is 0 Å². The quantitative estimate of drug-likeness (QED) is 0.620. The van der Waals surface area contributed by atoms with Gasteiger partial charge in [-0.2, -0.15) is 0 Å². The minimum absolute atomic E-state index is 0.0750. The fraction of sp³-hybridized carbons (Fsp3) is 0.400. The Kier molecular flexibility index (Phi) is 5.23. The summed E-state index contributed by atoms with van der Waals surface area (Å²) in [6.07, 6.45) is 0. The Hall–Kier alpha value is -2.80. The van der Waals surface area contributed by atoms with E-state index in [-0.39, 0.29) is 18.6 Å². The van der Waals surface area contributed by atoms with E-state index < -0.39 is 5.97 Å². The lowest BCUT2D eigenvalue weighted by molar-refractivity contribution is 0.0599. The number of carbonyl (C=O) groups is 2. The summed E-state index contributed by atoms with van der Waals surface area (Å²) < 4.78 is 15.5. The molecule has 7 heteroatoms. The van der Waals surface area contributed by atoms with Gasteiger partial charge in [-0.05, 0) is 51.1 Å². The molecular weight excluding hydrogens is 348 g/mol. The molecule has 0 aliphatic carbocycles. The second kappa shape index (κ2) is 7.44. The molecule has 0 saturated heterocycles. The molecule has 144 valence electrons. The largest absolute Gasteiger partial charge is 0.465 e. The molecule has 0 saturated carbocycles. The fourth-order valence-electron chi connectivity index (χ4n) is 3.28. The number of methoxy groups -OCH3 is 1. The molecule has 3 rings (SSSR count). The first-order chi connectivity index (χ1) is 12.8. The summed E-state index contributed by atoms with van der Waals surface area (Å²) in [6.45, 7) is 6.18. The highest BCUT2D eigenvalue weighted by Crippen LogP contribution is 2.33. The number of Topliss-reactive ketones (excluding diaryl/α,β-unsaturated/α-hetero) is 1. The van der Waals surface area contributed by atoms with Crippen LogP contribution in [0.5, 0.6) is 11.5 Å². The third kappa shape index (κ3) is 3.55. The van der Waals surface area contributed by atoms with Crippen molar-refractivity contribution in [1.29, 1.82) is 0 Å². The summed E-state index contributed by atoms with van der Waals surface area (Å²) in [7, 11) is 3.22. The Morgan fingerprint density at radius 1 is 1.26 bits per heavy atom. The topological polar surface area (TPSA) is 80.9 Å². The number of ketones is 1. The molecule has 0 spiro atoms. The fourth-order valence-corrected chi connectivity index (χ4v) is 3.28. The summed E-state index contributed by atoms with van der Waals surface area (Å²) in [5, 5.41) is 0. The van der Waals surface area contributed by atoms with Gasteiger partial charge in [0.1, 0.15) is 0 Å². The molecule has 0 radical (unpaired) electrons. The van der Waals surface area contributed by atoms with Crippen LogP contribution in [-0.4, -0.2) is 48.6 Å². The van der Waals surface area contributed by atoms with Crippen molar-refractivity contribution in [2.45, 2.75) is 33.4 Å². The second-order valence-electron chi connectivity index (χ2n) is 6.76. The van der Waals surface area contributed by atoms with Crippen LogP contribution in [0.15, 0.2) is 18.2 Å². The van der Waals surface area contributed by atoms with Crippen LogP contribution in [0.2, 0.25) is 0 Å². The number of fused-ring (bicyclic) bond motifs is 1. The van der Waals surface area contributed by atoms with Gasteiger partial charge in [-0.15, -0.1) is 0 Å². The van der Waals surface area contributed by atoms with E-state index in [1.807, 2.05) is 37.1 Å². The number of aromatic nitrogens is 1. The molecular formula is C20H24N2O5. The Morgan fingerprint density at radius 3 is 2.67 bits per heavy atom. The summed E-state index contributed by atoms with van der Waals surface area (Å²) in [5.74, 6) is 0.937. The number of nitrogens with one attached hydrogen (secondary N) is 1. The van der Waals surface area contributed by atoms with Crippen molar-refractivity contribution in [3.8, 4) is 11.5 Å². The number of carbonyl (C=O) groups excluding carboxylic acids is 2. The number of nitrogens with zero attached hydrogens (tertiary/aromatic N) is 1. The molecule has 0 bridgehead atoms. The van der Waals surface area contributed by atoms with Crippen molar-refractivity contribution in [2.75, 3.05) is 21.0 Å². The Morgan fingerprint density at radius 2 is 1.96 bits per heavy atom. The van der Waals surface area contributed by atoms with Crippen LogP contribution in [0.25, 0.3) is 0 Å². The lowest BCUT2D eigenvalue weighted by Crippen LogP contribution is -2.36. The molecule has 2 aromatic rings. The normalized spacial score (nSPS) is 13.7. The van der Waals surface area contributed by atoms with E-state index in [1.54, 1.807) is 13.8 Å². The predicted molar refractivity (Wildman–Crippen MR) is 99.4 cm³/mol. The van der Waals surface area contributed by atoms with E-state index in [0.717, 1.165) is 17.1 Å². The number of aromatic amines is 1. The SMILES string of the molecule is COC(=O)c1c(C)[nH]c(C(=O)C(C)N(C)Cc2ccc3c(c2)OCO3)c1C. The molecule has 1 aromatic heterocycles. The van der Waals surface area contributed by atoms with Gasteiger partial charge in [0.2, 0.25) is 6.79 Å². The Balaban J connectivity index is 1.76. The monoisotopic (exact) mass is 372 g/mol. The van der Waals surface area contributed by atoms with Gasteiger partial charge in [0.15, 0.2) is 17.3 Å². The van der Waals surface area contributed by atoms with Crippen LogP contribution in [0.1, 0.15) is 44.6 Å². The summed E-state index contributed by atoms with van der Waals surface area (Å²) >= 11 is 0. The highest BCUT2D eigenvalue weighted by molar-refractivity contribution is 6.03. The third-order valence-electron chi connectivity index (χ3n) is 4.98. The van der Waals surface area contributed by atoms with E-state index in [9.17, 15) is 9.59 Å². The minimum Gasteiger partial charge on any atom is -0.465 e. The van der Waals surface area contributed by atoms with Crippen LogP contribution >= 0.6 is 0 Å². The van der Waals surface area contributed by atoms with Crippen LogP contribution in [0, 0.1) is 13.8 Å². The molecule has 27 heavy (non-hydrogen) atoms. The van der Waals surface area contributed by atoms with E-state index in [4.69, 9.17) is 14.2 Å². The van der Waals surface area contributed by atoms with Gasteiger partial charge in [-0.3, -0.25) is 9.69 Å². The zero-order valence-electron chi connectivity index (χ0n) is 16.2. The average Bonchev–Trinajstić information content (AvgIpc) is 3.23. The van der Waals surface area contributed by atoms with Crippen molar-refractivity contribution >= 4 is 11.8 Å². The lowest BCUT2D eigenvalue weighted by atomic mass is 10.0. The van der Waals surface area contributed by atoms with Crippen LogP contribution < -0.4 is 9.47 Å². The standard InChI is InChI=1S/C20H24N2O5/c1-11-17(20(24)25-5)12(2)21-18(11)19(23)13(3)22(4)9-14-6-7-15-16(8-14)27-10-26-15/h6-8,13,21H,9-10H2,1-5H3. The zero-order chi connectivity index (χ0) is 19.7. The van der Waals surface area contributed by atoms with E-state index in [0.29, 0.717) is 29.1 Å². The number of hydrogen-bond donors (Lipinski definition) is 1. The molecule has 1 unspecified atom stereocenters. The van der Waals surface area contributed by atoms with Gasteiger partial charge in [-0.25, -0.2) is 4.79 Å². The predicted octanol–water partition coefficient (Wildman–Crippen LogP) is 2.85. The average molecular weight is 372 g/mol. The van der Waals surface area contributed by atoms with Gasteiger partial charge in [0.25, 0.3) is 0 Å². The highest BCUT2D eigenvalue weighted by atomic mass is 16.7. The third-order valence-corrected chi connectivity index (χ3v) is 4.98. The number of ether oxygens (including phenoxy) is 3. The molecule has 1 aliphatic rings. The Labute approximate surface area is 158 Å². The van der Waals surface area contributed by atoms with Crippen LogP contribution in [0.4, 0.5) is 0 Å². The van der Waals surface area contributed by atoms with Gasteiger partial charge in [0.05, 0.1) is 24.4 Å². The first-order valence-corrected chi connectivity index (χ1v) is 8.74. The number of aryl methyl sites for hydroxylation is 1. The van der Waals surface area contributed by atoms with E-state index in [1.165, 1.54) is 7.11 Å². The van der Waals surface area contributed by atoms with Crippen molar-refractivity contribution in [3.05, 3.63) is 46.3 Å². The smallest absolute Gasteiger partial charge is 0.339 e. The maximum Gasteiger partial charge on any atom is 0.339 e. The molecule has 2 heterocycles. The molecule has 1 aliphatic heterocycles. The van der Waals surface area contributed by atoms with Gasteiger partial charge < -0.3 is 19.2 Å². The van der Waals surface area contributed by atoms with Gasteiger partial charge in [-0.1, -0.05) is 6.07 Å².